The van der Waals surface area contributed by atoms with Crippen LogP contribution in [0.5, 0.6) is 0 Å². The molecule has 0 unspecified atom stereocenters. The van der Waals surface area contributed by atoms with Gasteiger partial charge in [-0.2, -0.15) is 0 Å². The monoisotopic (exact) mass is 364 g/mol. The van der Waals surface area contributed by atoms with Crippen LogP contribution in [0.1, 0.15) is 57.4 Å². The fourth-order valence-electron chi connectivity index (χ4n) is 2.48. The van der Waals surface area contributed by atoms with Crippen molar-refractivity contribution >= 4 is 11.9 Å². The lowest BCUT2D eigenvalue weighted by Crippen LogP contribution is -2.19. The molecule has 26 heavy (non-hydrogen) atoms. The summed E-state index contributed by atoms with van der Waals surface area (Å²) >= 11 is 0. The van der Waals surface area contributed by atoms with Crippen LogP contribution in [0.25, 0.3) is 0 Å². The van der Waals surface area contributed by atoms with Crippen LogP contribution in [0.2, 0.25) is 0 Å². The van der Waals surface area contributed by atoms with E-state index in [1.54, 1.807) is 0 Å². The number of unbranched alkanes of at least 4 members (excludes halogenated alkanes) is 5. The molecule has 0 heterocycles. The van der Waals surface area contributed by atoms with E-state index >= 15 is 0 Å². The smallest absolute Gasteiger partial charge is 0.332 e. The zero-order chi connectivity index (χ0) is 18.9. The maximum Gasteiger partial charge on any atom is 0.332 e. The third-order valence-corrected chi connectivity index (χ3v) is 3.92. The summed E-state index contributed by atoms with van der Waals surface area (Å²) in [5.74, 6) is -0.891. The van der Waals surface area contributed by atoms with Crippen molar-refractivity contribution < 1.29 is 23.8 Å². The highest BCUT2D eigenvalue weighted by Gasteiger charge is 2.07. The molecule has 0 aliphatic rings. The standard InChI is InChI=1S/C21H32O5/c1-2-3-4-5-6-10-15-25-20(22)17-24-18-21(23)26-16-11-14-19-12-8-7-9-13-19/h7-9,12-13H,2-6,10-11,14-18H2,1H3. The minimum atomic E-state index is -0.457. The van der Waals surface area contributed by atoms with E-state index in [9.17, 15) is 9.59 Å². The minimum Gasteiger partial charge on any atom is -0.464 e. The fourth-order valence-corrected chi connectivity index (χ4v) is 2.48. The van der Waals surface area contributed by atoms with Gasteiger partial charge >= 0.3 is 11.9 Å². The molecule has 0 aliphatic heterocycles. The number of carbonyl (C=O) groups is 2. The number of ether oxygens (including phenoxy) is 3. The molecule has 1 rings (SSSR count). The third kappa shape index (κ3) is 12.5. The molecule has 0 atom stereocenters. The van der Waals surface area contributed by atoms with Crippen molar-refractivity contribution in [2.75, 3.05) is 26.4 Å². The van der Waals surface area contributed by atoms with Gasteiger partial charge in [-0.15, -0.1) is 0 Å². The fraction of sp³-hybridized carbons (Fsp3) is 0.619. The Hall–Kier alpha value is -1.88. The summed E-state index contributed by atoms with van der Waals surface area (Å²) in [6.07, 6.45) is 8.47. The second-order valence-electron chi connectivity index (χ2n) is 6.29. The topological polar surface area (TPSA) is 61.8 Å². The summed E-state index contributed by atoms with van der Waals surface area (Å²) < 4.78 is 15.2. The van der Waals surface area contributed by atoms with Crippen LogP contribution in [-0.2, 0) is 30.2 Å². The van der Waals surface area contributed by atoms with E-state index in [0.717, 1.165) is 25.7 Å². The second-order valence-corrected chi connectivity index (χ2v) is 6.29. The van der Waals surface area contributed by atoms with E-state index in [0.29, 0.717) is 13.2 Å². The van der Waals surface area contributed by atoms with Crippen molar-refractivity contribution in [1.82, 2.24) is 0 Å². The normalized spacial score (nSPS) is 10.5. The molecule has 0 radical (unpaired) electrons. The Labute approximate surface area is 157 Å². The first-order valence-electron chi connectivity index (χ1n) is 9.65. The Bertz CT molecular complexity index is 486. The molecule has 146 valence electrons. The highest BCUT2D eigenvalue weighted by atomic mass is 16.6. The summed E-state index contributed by atoms with van der Waals surface area (Å²) in [5, 5.41) is 0. The van der Waals surface area contributed by atoms with E-state index in [2.05, 4.69) is 6.92 Å². The van der Waals surface area contributed by atoms with Gasteiger partial charge in [-0.3, -0.25) is 0 Å². The van der Waals surface area contributed by atoms with E-state index < -0.39 is 11.9 Å². The average molecular weight is 364 g/mol. The van der Waals surface area contributed by atoms with Gasteiger partial charge in [-0.25, -0.2) is 9.59 Å². The predicted molar refractivity (Wildman–Crippen MR) is 101 cm³/mol. The molecule has 0 saturated carbocycles. The molecule has 0 aromatic heterocycles. The molecule has 5 nitrogen and oxygen atoms in total. The molecule has 0 bridgehead atoms. The van der Waals surface area contributed by atoms with Crippen LogP contribution in [0, 0.1) is 0 Å². The molecule has 0 fully saturated rings. The number of aryl methyl sites for hydroxylation is 1. The molecular formula is C21H32O5. The SMILES string of the molecule is CCCCCCCCOC(=O)COCC(=O)OCCCc1ccccc1. The van der Waals surface area contributed by atoms with Gasteiger partial charge in [0.05, 0.1) is 13.2 Å². The lowest BCUT2D eigenvalue weighted by molar-refractivity contribution is -0.155. The van der Waals surface area contributed by atoms with E-state index in [4.69, 9.17) is 14.2 Å². The van der Waals surface area contributed by atoms with Crippen molar-refractivity contribution in [2.45, 2.75) is 58.3 Å². The number of esters is 2. The van der Waals surface area contributed by atoms with Gasteiger partial charge in [0, 0.05) is 0 Å². The van der Waals surface area contributed by atoms with Crippen molar-refractivity contribution in [3.05, 3.63) is 35.9 Å². The molecule has 0 N–H and O–H groups in total. The highest BCUT2D eigenvalue weighted by molar-refractivity contribution is 5.73. The van der Waals surface area contributed by atoms with Gasteiger partial charge in [-0.1, -0.05) is 69.4 Å². The van der Waals surface area contributed by atoms with Gasteiger partial charge in [0.25, 0.3) is 0 Å². The van der Waals surface area contributed by atoms with Crippen LogP contribution in [0.4, 0.5) is 0 Å². The Balaban J connectivity index is 1.91. The van der Waals surface area contributed by atoms with Crippen LogP contribution < -0.4 is 0 Å². The second kappa shape index (κ2) is 15.4. The number of hydrogen-bond donors (Lipinski definition) is 0. The van der Waals surface area contributed by atoms with Gasteiger partial charge in [-0.05, 0) is 24.8 Å². The first-order chi connectivity index (χ1) is 12.7. The quantitative estimate of drug-likeness (QED) is 0.347. The lowest BCUT2D eigenvalue weighted by atomic mass is 10.1. The predicted octanol–water partition coefficient (Wildman–Crippen LogP) is 4.08. The Morgan fingerprint density at radius 3 is 2.00 bits per heavy atom. The van der Waals surface area contributed by atoms with Crippen molar-refractivity contribution in [2.24, 2.45) is 0 Å². The Morgan fingerprint density at radius 2 is 1.35 bits per heavy atom. The molecule has 1 aromatic carbocycles. The van der Waals surface area contributed by atoms with Crippen molar-refractivity contribution in [1.29, 1.82) is 0 Å². The molecule has 5 heteroatoms. The van der Waals surface area contributed by atoms with Gasteiger partial charge in [0.1, 0.15) is 13.2 Å². The summed E-state index contributed by atoms with van der Waals surface area (Å²) in [7, 11) is 0. The third-order valence-electron chi connectivity index (χ3n) is 3.92. The zero-order valence-corrected chi connectivity index (χ0v) is 15.9. The first kappa shape index (κ1) is 22.2. The summed E-state index contributed by atoms with van der Waals surface area (Å²) in [6, 6.07) is 10.0. The molecular weight excluding hydrogens is 332 g/mol. The molecule has 0 saturated heterocycles. The largest absolute Gasteiger partial charge is 0.464 e. The number of benzene rings is 1. The summed E-state index contributed by atoms with van der Waals surface area (Å²) in [4.78, 5) is 23.0. The van der Waals surface area contributed by atoms with Crippen LogP contribution in [0.15, 0.2) is 30.3 Å². The van der Waals surface area contributed by atoms with Crippen LogP contribution in [-0.4, -0.2) is 38.4 Å². The molecule has 0 aliphatic carbocycles. The van der Waals surface area contributed by atoms with E-state index in [-0.39, 0.29) is 13.2 Å². The lowest BCUT2D eigenvalue weighted by Gasteiger charge is -2.07. The van der Waals surface area contributed by atoms with Crippen molar-refractivity contribution in [3.8, 4) is 0 Å². The highest BCUT2D eigenvalue weighted by Crippen LogP contribution is 2.05. The maximum atomic E-state index is 11.5. The van der Waals surface area contributed by atoms with E-state index in [1.165, 1.54) is 31.2 Å². The molecule has 0 spiro atoms. The van der Waals surface area contributed by atoms with Gasteiger partial charge in [0.2, 0.25) is 0 Å². The van der Waals surface area contributed by atoms with E-state index in [1.807, 2.05) is 30.3 Å². The number of hydrogen-bond acceptors (Lipinski definition) is 5. The summed E-state index contributed by atoms with van der Waals surface area (Å²) in [5.41, 5.74) is 1.22. The number of rotatable bonds is 15. The molecule has 1 aromatic rings. The van der Waals surface area contributed by atoms with Crippen LogP contribution >= 0.6 is 0 Å². The average Bonchev–Trinajstić information content (AvgIpc) is 2.65. The maximum absolute atomic E-state index is 11.5. The number of carbonyl (C=O) groups excluding carboxylic acids is 2. The van der Waals surface area contributed by atoms with Crippen LogP contribution in [0.3, 0.4) is 0 Å². The first-order valence-corrected chi connectivity index (χ1v) is 9.65. The Kier molecular flexibility index (Phi) is 13.1. The van der Waals surface area contributed by atoms with Gasteiger partial charge in [0.15, 0.2) is 0 Å². The Morgan fingerprint density at radius 1 is 0.769 bits per heavy atom. The molecule has 0 amide bonds. The zero-order valence-electron chi connectivity index (χ0n) is 15.9. The van der Waals surface area contributed by atoms with Crippen molar-refractivity contribution in [3.63, 3.8) is 0 Å². The minimum absolute atomic E-state index is 0.213. The van der Waals surface area contributed by atoms with Gasteiger partial charge < -0.3 is 14.2 Å². The summed E-state index contributed by atoms with van der Waals surface area (Å²) in [6.45, 7) is 2.51.